The Morgan fingerprint density at radius 3 is 2.18 bits per heavy atom. The minimum absolute atomic E-state index is 0.551. The summed E-state index contributed by atoms with van der Waals surface area (Å²) in [5.41, 5.74) is 0.606. The lowest BCUT2D eigenvalue weighted by Gasteiger charge is -2.25. The third-order valence-electron chi connectivity index (χ3n) is 2.76. The molecule has 1 aliphatic rings. The van der Waals surface area contributed by atoms with Crippen molar-refractivity contribution in [3.8, 4) is 0 Å². The molecule has 0 aromatic carbocycles. The monoisotopic (exact) mass is 154 g/mol. The maximum absolute atomic E-state index is 9.74. The van der Waals surface area contributed by atoms with E-state index in [1.54, 1.807) is 0 Å². The molecule has 0 fully saturated rings. The van der Waals surface area contributed by atoms with Crippen LogP contribution in [-0.2, 0) is 0 Å². The van der Waals surface area contributed by atoms with Gasteiger partial charge in [0.25, 0.3) is 0 Å². The predicted molar refractivity (Wildman–Crippen MR) is 47.3 cm³/mol. The van der Waals surface area contributed by atoms with E-state index in [0.29, 0.717) is 11.8 Å². The molecule has 0 bridgehead atoms. The lowest BCUT2D eigenvalue weighted by molar-refractivity contribution is 0.107. The van der Waals surface area contributed by atoms with Crippen LogP contribution in [0.4, 0.5) is 0 Å². The van der Waals surface area contributed by atoms with Crippen molar-refractivity contribution in [3.05, 3.63) is 11.6 Å². The van der Waals surface area contributed by atoms with Gasteiger partial charge in [-0.2, -0.15) is 0 Å². The van der Waals surface area contributed by atoms with Crippen molar-refractivity contribution in [3.63, 3.8) is 0 Å². The number of hydrogen-bond acceptors (Lipinski definition) is 1. The smallest absolute Gasteiger partial charge is 0.0803 e. The first-order valence-electron chi connectivity index (χ1n) is 4.36. The maximum atomic E-state index is 9.74. The van der Waals surface area contributed by atoms with E-state index in [-0.39, 0.29) is 0 Å². The topological polar surface area (TPSA) is 20.2 Å². The molecule has 11 heavy (non-hydrogen) atoms. The number of rotatable bonds is 1. The molecule has 0 heterocycles. The van der Waals surface area contributed by atoms with Crippen LogP contribution < -0.4 is 0 Å². The average Bonchev–Trinajstić information content (AvgIpc) is 2.11. The van der Waals surface area contributed by atoms with Gasteiger partial charge in [0.05, 0.1) is 5.60 Å². The van der Waals surface area contributed by atoms with Crippen LogP contribution in [-0.4, -0.2) is 10.7 Å². The van der Waals surface area contributed by atoms with Crippen LogP contribution in [0, 0.1) is 11.8 Å². The highest BCUT2D eigenvalue weighted by Crippen LogP contribution is 2.36. The summed E-state index contributed by atoms with van der Waals surface area (Å²) >= 11 is 0. The van der Waals surface area contributed by atoms with Gasteiger partial charge in [0.2, 0.25) is 0 Å². The quantitative estimate of drug-likeness (QED) is 0.575. The van der Waals surface area contributed by atoms with E-state index in [2.05, 4.69) is 19.9 Å². The molecule has 1 N–H and O–H groups in total. The molecule has 0 aromatic rings. The van der Waals surface area contributed by atoms with E-state index >= 15 is 0 Å². The molecule has 0 amide bonds. The Kier molecular flexibility index (Phi) is 2.10. The Hall–Kier alpha value is -0.300. The highest BCUT2D eigenvalue weighted by molar-refractivity contribution is 5.22. The van der Waals surface area contributed by atoms with Gasteiger partial charge in [-0.3, -0.25) is 0 Å². The van der Waals surface area contributed by atoms with E-state index in [4.69, 9.17) is 0 Å². The van der Waals surface area contributed by atoms with Crippen molar-refractivity contribution in [2.75, 3.05) is 0 Å². The zero-order valence-electron chi connectivity index (χ0n) is 7.89. The third kappa shape index (κ3) is 1.64. The summed E-state index contributed by atoms with van der Waals surface area (Å²) in [5.74, 6) is 1.26. The van der Waals surface area contributed by atoms with Gasteiger partial charge in [0.15, 0.2) is 0 Å². The van der Waals surface area contributed by atoms with Gasteiger partial charge in [0.1, 0.15) is 0 Å². The van der Waals surface area contributed by atoms with Gasteiger partial charge >= 0.3 is 0 Å². The Morgan fingerprint density at radius 2 is 2.00 bits per heavy atom. The van der Waals surface area contributed by atoms with Crippen LogP contribution in [0.2, 0.25) is 0 Å². The molecular weight excluding hydrogens is 136 g/mol. The van der Waals surface area contributed by atoms with Crippen LogP contribution in [0.25, 0.3) is 0 Å². The van der Waals surface area contributed by atoms with Crippen molar-refractivity contribution in [1.29, 1.82) is 0 Å². The summed E-state index contributed by atoms with van der Waals surface area (Å²) < 4.78 is 0. The first kappa shape index (κ1) is 8.79. The zero-order valence-corrected chi connectivity index (χ0v) is 7.89. The van der Waals surface area contributed by atoms with Crippen molar-refractivity contribution in [2.24, 2.45) is 11.8 Å². The van der Waals surface area contributed by atoms with E-state index < -0.39 is 5.60 Å². The minimum atomic E-state index is -0.607. The fraction of sp³-hybridized carbons (Fsp3) is 0.800. The lowest BCUT2D eigenvalue weighted by Crippen LogP contribution is -2.25. The minimum Gasteiger partial charge on any atom is -0.386 e. The van der Waals surface area contributed by atoms with Gasteiger partial charge in [-0.15, -0.1) is 0 Å². The molecule has 0 radical (unpaired) electrons. The normalized spacial score (nSPS) is 32.3. The fourth-order valence-corrected chi connectivity index (χ4v) is 1.82. The Labute approximate surface area is 69.1 Å². The second-order valence-corrected chi connectivity index (χ2v) is 4.22. The standard InChI is InChI=1S/C10H18O/c1-7-5-6-9(8(7)2)10(3,4)11/h6-8,11H,5H2,1-4H3/t7-,8+/m1/s1. The highest BCUT2D eigenvalue weighted by Gasteiger charge is 2.31. The molecule has 1 rings (SSSR count). The fourth-order valence-electron chi connectivity index (χ4n) is 1.82. The molecule has 1 nitrogen and oxygen atoms in total. The van der Waals surface area contributed by atoms with Crippen LogP contribution in [0.15, 0.2) is 11.6 Å². The molecule has 0 saturated heterocycles. The highest BCUT2D eigenvalue weighted by atomic mass is 16.3. The molecule has 1 heteroatoms. The maximum Gasteiger partial charge on any atom is 0.0803 e. The SMILES string of the molecule is C[C@@H]1CC=C(C(C)(C)O)[C@H]1C. The third-order valence-corrected chi connectivity index (χ3v) is 2.76. The number of aliphatic hydroxyl groups is 1. The summed E-state index contributed by atoms with van der Waals surface area (Å²) in [6.07, 6.45) is 3.32. The second kappa shape index (κ2) is 2.63. The average molecular weight is 154 g/mol. The van der Waals surface area contributed by atoms with Gasteiger partial charge in [-0.25, -0.2) is 0 Å². The summed E-state index contributed by atoms with van der Waals surface area (Å²) in [6, 6.07) is 0. The lowest BCUT2D eigenvalue weighted by atomic mass is 9.86. The first-order chi connectivity index (χ1) is 4.93. The summed E-state index contributed by atoms with van der Waals surface area (Å²) in [7, 11) is 0. The molecule has 0 unspecified atom stereocenters. The molecule has 2 atom stereocenters. The van der Waals surface area contributed by atoms with Gasteiger partial charge < -0.3 is 5.11 Å². The van der Waals surface area contributed by atoms with Crippen LogP contribution in [0.3, 0.4) is 0 Å². The van der Waals surface area contributed by atoms with Gasteiger partial charge in [-0.1, -0.05) is 19.9 Å². The Morgan fingerprint density at radius 1 is 1.45 bits per heavy atom. The van der Waals surface area contributed by atoms with Gasteiger partial charge in [-0.05, 0) is 37.7 Å². The van der Waals surface area contributed by atoms with E-state index in [9.17, 15) is 5.11 Å². The Bertz CT molecular complexity index is 174. The zero-order chi connectivity index (χ0) is 8.65. The summed E-state index contributed by atoms with van der Waals surface area (Å²) in [6.45, 7) is 8.17. The summed E-state index contributed by atoms with van der Waals surface area (Å²) in [4.78, 5) is 0. The van der Waals surface area contributed by atoms with E-state index in [1.807, 2.05) is 13.8 Å². The van der Waals surface area contributed by atoms with E-state index in [0.717, 1.165) is 6.42 Å². The molecule has 0 aromatic heterocycles. The number of allylic oxidation sites excluding steroid dienone is 1. The largest absolute Gasteiger partial charge is 0.386 e. The van der Waals surface area contributed by atoms with Gasteiger partial charge in [0, 0.05) is 0 Å². The van der Waals surface area contributed by atoms with Crippen molar-refractivity contribution < 1.29 is 5.11 Å². The molecule has 64 valence electrons. The predicted octanol–water partition coefficient (Wildman–Crippen LogP) is 2.36. The first-order valence-corrected chi connectivity index (χ1v) is 4.36. The van der Waals surface area contributed by atoms with Crippen molar-refractivity contribution in [1.82, 2.24) is 0 Å². The molecule has 0 spiro atoms. The molecule has 0 aliphatic heterocycles. The number of hydrogen-bond donors (Lipinski definition) is 1. The van der Waals surface area contributed by atoms with Crippen LogP contribution in [0.1, 0.15) is 34.1 Å². The van der Waals surface area contributed by atoms with E-state index in [1.165, 1.54) is 5.57 Å². The molecule has 1 aliphatic carbocycles. The van der Waals surface area contributed by atoms with Crippen LogP contribution >= 0.6 is 0 Å². The van der Waals surface area contributed by atoms with Crippen molar-refractivity contribution in [2.45, 2.75) is 39.7 Å². The van der Waals surface area contributed by atoms with Crippen molar-refractivity contribution >= 4 is 0 Å². The molecular formula is C10H18O. The second-order valence-electron chi connectivity index (χ2n) is 4.22. The van der Waals surface area contributed by atoms with Crippen LogP contribution in [0.5, 0.6) is 0 Å². The molecule has 0 saturated carbocycles. The summed E-state index contributed by atoms with van der Waals surface area (Å²) in [5, 5.41) is 9.74. The Balaban J connectivity index is 2.76.